The number of aromatic nitrogens is 1. The standard InChI is InChI=1S/C20H24N2O5S/c1-3-4-7-25-8-9-26-20(24)11-22-17-10-15(16-13-28-14(2)21-16)5-6-18(17)27-12-19(22)23/h5-6,10,13H,3-4,7-9,11-12H2,1-2H3. The van der Waals surface area contributed by atoms with Gasteiger partial charge in [-0.2, -0.15) is 0 Å². The Morgan fingerprint density at radius 1 is 1.32 bits per heavy atom. The summed E-state index contributed by atoms with van der Waals surface area (Å²) < 4.78 is 16.1. The first-order valence-corrected chi connectivity index (χ1v) is 10.2. The fourth-order valence-electron chi connectivity index (χ4n) is 2.77. The van der Waals surface area contributed by atoms with Gasteiger partial charge in [-0.25, -0.2) is 4.98 Å². The molecule has 0 saturated carbocycles. The molecule has 0 saturated heterocycles. The van der Waals surface area contributed by atoms with Crippen LogP contribution in [0.4, 0.5) is 5.69 Å². The molecule has 0 radical (unpaired) electrons. The molecule has 150 valence electrons. The van der Waals surface area contributed by atoms with Crippen molar-refractivity contribution in [2.24, 2.45) is 0 Å². The Morgan fingerprint density at radius 2 is 2.18 bits per heavy atom. The van der Waals surface area contributed by atoms with E-state index in [4.69, 9.17) is 14.2 Å². The summed E-state index contributed by atoms with van der Waals surface area (Å²) in [6.07, 6.45) is 2.04. The van der Waals surface area contributed by atoms with Crippen LogP contribution in [0, 0.1) is 6.92 Å². The monoisotopic (exact) mass is 404 g/mol. The van der Waals surface area contributed by atoms with Gasteiger partial charge in [-0.3, -0.25) is 14.5 Å². The maximum Gasteiger partial charge on any atom is 0.326 e. The minimum Gasteiger partial charge on any atom is -0.482 e. The van der Waals surface area contributed by atoms with Crippen molar-refractivity contribution in [2.75, 3.05) is 37.9 Å². The third kappa shape index (κ3) is 5.08. The highest BCUT2D eigenvalue weighted by atomic mass is 32.1. The molecule has 1 aromatic heterocycles. The number of nitrogens with zero attached hydrogens (tertiary/aromatic N) is 2. The summed E-state index contributed by atoms with van der Waals surface area (Å²) in [5, 5.41) is 2.92. The number of carbonyl (C=O) groups is 2. The molecule has 3 rings (SSSR count). The van der Waals surface area contributed by atoms with Gasteiger partial charge in [-0.1, -0.05) is 13.3 Å². The Labute approximate surface area is 168 Å². The summed E-state index contributed by atoms with van der Waals surface area (Å²) in [7, 11) is 0. The number of hydrogen-bond donors (Lipinski definition) is 0. The molecule has 0 bridgehead atoms. The number of fused-ring (bicyclic) bond motifs is 1. The van der Waals surface area contributed by atoms with E-state index in [-0.39, 0.29) is 25.7 Å². The molecule has 8 heteroatoms. The van der Waals surface area contributed by atoms with E-state index < -0.39 is 5.97 Å². The molecule has 0 atom stereocenters. The van der Waals surface area contributed by atoms with Crippen molar-refractivity contribution in [1.29, 1.82) is 0 Å². The van der Waals surface area contributed by atoms with E-state index in [0.717, 1.165) is 29.1 Å². The van der Waals surface area contributed by atoms with Crippen LogP contribution < -0.4 is 9.64 Å². The van der Waals surface area contributed by atoms with Gasteiger partial charge in [0.25, 0.3) is 5.91 Å². The molecule has 2 heterocycles. The summed E-state index contributed by atoms with van der Waals surface area (Å²) in [6.45, 7) is 4.94. The van der Waals surface area contributed by atoms with E-state index in [0.29, 0.717) is 24.7 Å². The van der Waals surface area contributed by atoms with Gasteiger partial charge in [0, 0.05) is 17.6 Å². The van der Waals surface area contributed by atoms with Crippen molar-refractivity contribution in [3.63, 3.8) is 0 Å². The summed E-state index contributed by atoms with van der Waals surface area (Å²) in [6, 6.07) is 5.51. The van der Waals surface area contributed by atoms with Gasteiger partial charge in [0.2, 0.25) is 0 Å². The van der Waals surface area contributed by atoms with Gasteiger partial charge >= 0.3 is 5.97 Å². The Kier molecular flexibility index (Phi) is 7.00. The predicted molar refractivity (Wildman–Crippen MR) is 107 cm³/mol. The molecule has 0 aliphatic carbocycles. The molecular weight excluding hydrogens is 380 g/mol. The molecular formula is C20H24N2O5S. The number of thiazole rings is 1. The van der Waals surface area contributed by atoms with Crippen molar-refractivity contribution in [3.05, 3.63) is 28.6 Å². The molecule has 1 aromatic carbocycles. The van der Waals surface area contributed by atoms with E-state index in [1.165, 1.54) is 4.90 Å². The summed E-state index contributed by atoms with van der Waals surface area (Å²) in [5.74, 6) is -0.198. The zero-order valence-corrected chi connectivity index (χ0v) is 16.9. The first kappa shape index (κ1) is 20.3. The zero-order chi connectivity index (χ0) is 19.9. The van der Waals surface area contributed by atoms with Gasteiger partial charge in [0.15, 0.2) is 6.61 Å². The van der Waals surface area contributed by atoms with Crippen LogP contribution in [0.15, 0.2) is 23.6 Å². The average molecular weight is 404 g/mol. The first-order chi connectivity index (χ1) is 13.6. The SMILES string of the molecule is CCCCOCCOC(=O)CN1C(=O)COc2ccc(-c3csc(C)n3)cc21. The molecule has 0 spiro atoms. The van der Waals surface area contributed by atoms with Crippen molar-refractivity contribution in [2.45, 2.75) is 26.7 Å². The van der Waals surface area contributed by atoms with Crippen LogP contribution in [0.5, 0.6) is 5.75 Å². The highest BCUT2D eigenvalue weighted by molar-refractivity contribution is 7.09. The number of ether oxygens (including phenoxy) is 3. The van der Waals surface area contributed by atoms with Gasteiger partial charge in [-0.05, 0) is 31.5 Å². The number of anilines is 1. The van der Waals surface area contributed by atoms with Crippen molar-refractivity contribution >= 4 is 28.9 Å². The van der Waals surface area contributed by atoms with E-state index in [1.807, 2.05) is 24.4 Å². The van der Waals surface area contributed by atoms with E-state index in [2.05, 4.69) is 11.9 Å². The molecule has 0 fully saturated rings. The van der Waals surface area contributed by atoms with Gasteiger partial charge in [0.1, 0.15) is 18.9 Å². The highest BCUT2D eigenvalue weighted by Crippen LogP contribution is 2.36. The number of amides is 1. The lowest BCUT2D eigenvalue weighted by Crippen LogP contribution is -2.42. The molecule has 0 N–H and O–H groups in total. The number of aryl methyl sites for hydroxylation is 1. The normalized spacial score (nSPS) is 13.2. The Morgan fingerprint density at radius 3 is 2.93 bits per heavy atom. The van der Waals surface area contributed by atoms with Crippen LogP contribution in [0.25, 0.3) is 11.3 Å². The minimum absolute atomic E-state index is 0.102. The zero-order valence-electron chi connectivity index (χ0n) is 16.1. The Bertz CT molecular complexity index is 836. The number of hydrogen-bond acceptors (Lipinski definition) is 7. The van der Waals surface area contributed by atoms with Crippen LogP contribution in [0.1, 0.15) is 24.8 Å². The lowest BCUT2D eigenvalue weighted by molar-refractivity contribution is -0.144. The van der Waals surface area contributed by atoms with Gasteiger partial charge < -0.3 is 14.2 Å². The predicted octanol–water partition coefficient (Wildman–Crippen LogP) is 3.20. The molecule has 1 aliphatic rings. The number of carbonyl (C=O) groups excluding carboxylic acids is 2. The molecule has 1 aliphatic heterocycles. The van der Waals surface area contributed by atoms with Crippen molar-refractivity contribution < 1.29 is 23.8 Å². The topological polar surface area (TPSA) is 78.0 Å². The Balaban J connectivity index is 1.65. The lowest BCUT2D eigenvalue weighted by Gasteiger charge is -2.29. The van der Waals surface area contributed by atoms with Crippen LogP contribution in [-0.2, 0) is 19.1 Å². The number of benzene rings is 1. The van der Waals surface area contributed by atoms with Crippen LogP contribution in [-0.4, -0.2) is 49.8 Å². The highest BCUT2D eigenvalue weighted by Gasteiger charge is 2.28. The second kappa shape index (κ2) is 9.66. The third-order valence-electron chi connectivity index (χ3n) is 4.24. The smallest absolute Gasteiger partial charge is 0.326 e. The van der Waals surface area contributed by atoms with Crippen LogP contribution >= 0.6 is 11.3 Å². The number of esters is 1. The Hall–Kier alpha value is -2.45. The largest absolute Gasteiger partial charge is 0.482 e. The van der Waals surface area contributed by atoms with E-state index in [9.17, 15) is 9.59 Å². The number of rotatable bonds is 9. The number of unbranched alkanes of at least 4 members (excludes halogenated alkanes) is 1. The second-order valence-corrected chi connectivity index (χ2v) is 7.45. The van der Waals surface area contributed by atoms with Gasteiger partial charge in [-0.15, -0.1) is 11.3 Å². The molecule has 28 heavy (non-hydrogen) atoms. The second-order valence-electron chi connectivity index (χ2n) is 6.39. The summed E-state index contributed by atoms with van der Waals surface area (Å²) >= 11 is 1.56. The average Bonchev–Trinajstić information content (AvgIpc) is 3.13. The quantitative estimate of drug-likeness (QED) is 0.472. The van der Waals surface area contributed by atoms with E-state index in [1.54, 1.807) is 17.4 Å². The molecule has 0 unspecified atom stereocenters. The summed E-state index contributed by atoms with van der Waals surface area (Å²) in [4.78, 5) is 30.4. The van der Waals surface area contributed by atoms with E-state index >= 15 is 0 Å². The lowest BCUT2D eigenvalue weighted by atomic mass is 10.1. The van der Waals surface area contributed by atoms with Crippen LogP contribution in [0.2, 0.25) is 0 Å². The van der Waals surface area contributed by atoms with Gasteiger partial charge in [0.05, 0.1) is 23.0 Å². The van der Waals surface area contributed by atoms with Crippen molar-refractivity contribution in [3.8, 4) is 17.0 Å². The van der Waals surface area contributed by atoms with Crippen molar-refractivity contribution in [1.82, 2.24) is 4.98 Å². The molecule has 1 amide bonds. The summed E-state index contributed by atoms with van der Waals surface area (Å²) in [5.41, 5.74) is 2.25. The minimum atomic E-state index is -0.477. The molecule has 2 aromatic rings. The maximum atomic E-state index is 12.3. The fraction of sp³-hybridized carbons (Fsp3) is 0.450. The first-order valence-electron chi connectivity index (χ1n) is 9.31. The maximum absolute atomic E-state index is 12.3. The van der Waals surface area contributed by atoms with Crippen LogP contribution in [0.3, 0.4) is 0 Å². The third-order valence-corrected chi connectivity index (χ3v) is 5.01. The fourth-order valence-corrected chi connectivity index (χ4v) is 3.39. The molecule has 7 nitrogen and oxygen atoms in total.